The predicted octanol–water partition coefficient (Wildman–Crippen LogP) is -0.0647. The SMILES string of the molecule is CC1CCCN(C(=O)c2c[nH]c(=O)[nH]c2=O)C1. The molecule has 6 nitrogen and oxygen atoms in total. The zero-order chi connectivity index (χ0) is 12.4. The van der Waals surface area contributed by atoms with Crippen LogP contribution in [-0.2, 0) is 0 Å². The summed E-state index contributed by atoms with van der Waals surface area (Å²) < 4.78 is 0. The summed E-state index contributed by atoms with van der Waals surface area (Å²) >= 11 is 0. The molecule has 1 atom stereocenters. The molecule has 2 rings (SSSR count). The molecular weight excluding hydrogens is 222 g/mol. The summed E-state index contributed by atoms with van der Waals surface area (Å²) in [7, 11) is 0. The number of carbonyl (C=O) groups excluding carboxylic acids is 1. The zero-order valence-electron chi connectivity index (χ0n) is 9.66. The second-order valence-corrected chi connectivity index (χ2v) is 4.48. The van der Waals surface area contributed by atoms with E-state index in [1.807, 2.05) is 0 Å². The van der Waals surface area contributed by atoms with Gasteiger partial charge in [0.2, 0.25) is 0 Å². The molecule has 6 heteroatoms. The van der Waals surface area contributed by atoms with E-state index in [-0.39, 0.29) is 11.5 Å². The Bertz CT molecular complexity index is 531. The third-order valence-corrected chi connectivity index (χ3v) is 2.99. The standard InChI is InChI=1S/C11H15N3O3/c1-7-3-2-4-14(6-7)10(16)8-5-12-11(17)13-9(8)15/h5,7H,2-4,6H2,1H3,(H2,12,13,15,17). The second kappa shape index (κ2) is 4.57. The number of H-pyrrole nitrogens is 2. The molecule has 1 aliphatic heterocycles. The van der Waals surface area contributed by atoms with Crippen molar-refractivity contribution in [1.82, 2.24) is 14.9 Å². The van der Waals surface area contributed by atoms with Crippen LogP contribution in [0.25, 0.3) is 0 Å². The van der Waals surface area contributed by atoms with E-state index in [0.29, 0.717) is 19.0 Å². The molecule has 1 unspecified atom stereocenters. The van der Waals surface area contributed by atoms with Crippen molar-refractivity contribution in [2.45, 2.75) is 19.8 Å². The number of aromatic amines is 2. The van der Waals surface area contributed by atoms with Crippen molar-refractivity contribution in [2.75, 3.05) is 13.1 Å². The molecule has 0 radical (unpaired) electrons. The van der Waals surface area contributed by atoms with Crippen LogP contribution >= 0.6 is 0 Å². The van der Waals surface area contributed by atoms with Gasteiger partial charge in [-0.05, 0) is 18.8 Å². The molecule has 1 amide bonds. The Morgan fingerprint density at radius 1 is 1.47 bits per heavy atom. The summed E-state index contributed by atoms with van der Waals surface area (Å²) in [4.78, 5) is 40.4. The Hall–Kier alpha value is -1.85. The first kappa shape index (κ1) is 11.6. The van der Waals surface area contributed by atoms with Crippen LogP contribution in [0.4, 0.5) is 0 Å². The lowest BCUT2D eigenvalue weighted by atomic mass is 10.00. The van der Waals surface area contributed by atoms with Gasteiger partial charge in [0.05, 0.1) is 0 Å². The molecule has 0 aliphatic carbocycles. The van der Waals surface area contributed by atoms with E-state index in [4.69, 9.17) is 0 Å². The second-order valence-electron chi connectivity index (χ2n) is 4.48. The van der Waals surface area contributed by atoms with Crippen molar-refractivity contribution in [2.24, 2.45) is 5.92 Å². The van der Waals surface area contributed by atoms with Gasteiger partial charge < -0.3 is 9.88 Å². The Balaban J connectivity index is 2.24. The summed E-state index contributed by atoms with van der Waals surface area (Å²) in [5.74, 6) is 0.142. The zero-order valence-corrected chi connectivity index (χ0v) is 9.66. The van der Waals surface area contributed by atoms with Gasteiger partial charge in [-0.2, -0.15) is 0 Å². The molecule has 1 aromatic heterocycles. The summed E-state index contributed by atoms with van der Waals surface area (Å²) in [5.41, 5.74) is -1.23. The predicted molar refractivity (Wildman–Crippen MR) is 62.0 cm³/mol. The van der Waals surface area contributed by atoms with Crippen molar-refractivity contribution >= 4 is 5.91 Å². The largest absolute Gasteiger partial charge is 0.338 e. The van der Waals surface area contributed by atoms with Gasteiger partial charge in [-0.3, -0.25) is 14.6 Å². The van der Waals surface area contributed by atoms with Crippen molar-refractivity contribution in [1.29, 1.82) is 0 Å². The monoisotopic (exact) mass is 237 g/mol. The molecule has 1 saturated heterocycles. The first-order chi connectivity index (χ1) is 8.08. The van der Waals surface area contributed by atoms with Gasteiger partial charge in [0.1, 0.15) is 5.56 Å². The molecule has 2 N–H and O–H groups in total. The Morgan fingerprint density at radius 3 is 2.88 bits per heavy atom. The third-order valence-electron chi connectivity index (χ3n) is 2.99. The number of amides is 1. The number of carbonyl (C=O) groups is 1. The fourth-order valence-corrected chi connectivity index (χ4v) is 2.11. The maximum Gasteiger partial charge on any atom is 0.325 e. The first-order valence-electron chi connectivity index (χ1n) is 5.69. The van der Waals surface area contributed by atoms with Gasteiger partial charge in [0, 0.05) is 19.3 Å². The van der Waals surface area contributed by atoms with E-state index in [2.05, 4.69) is 16.9 Å². The Morgan fingerprint density at radius 2 is 2.24 bits per heavy atom. The minimum Gasteiger partial charge on any atom is -0.338 e. The highest BCUT2D eigenvalue weighted by molar-refractivity contribution is 5.93. The van der Waals surface area contributed by atoms with Gasteiger partial charge >= 0.3 is 5.69 Å². The van der Waals surface area contributed by atoms with Gasteiger partial charge in [-0.1, -0.05) is 6.92 Å². The Labute approximate surface area is 97.7 Å². The van der Waals surface area contributed by atoms with E-state index >= 15 is 0 Å². The van der Waals surface area contributed by atoms with Crippen LogP contribution in [-0.4, -0.2) is 33.9 Å². The van der Waals surface area contributed by atoms with Crippen molar-refractivity contribution in [3.63, 3.8) is 0 Å². The molecule has 1 aromatic rings. The average Bonchev–Trinajstić information content (AvgIpc) is 2.28. The maximum atomic E-state index is 12.1. The number of piperidine rings is 1. The van der Waals surface area contributed by atoms with Gasteiger partial charge in [-0.15, -0.1) is 0 Å². The molecule has 0 aromatic carbocycles. The number of aromatic nitrogens is 2. The van der Waals surface area contributed by atoms with Crippen LogP contribution in [0.2, 0.25) is 0 Å². The fraction of sp³-hybridized carbons (Fsp3) is 0.545. The van der Waals surface area contributed by atoms with Crippen LogP contribution in [0.5, 0.6) is 0 Å². The van der Waals surface area contributed by atoms with Gasteiger partial charge in [0.15, 0.2) is 0 Å². The lowest BCUT2D eigenvalue weighted by Gasteiger charge is -2.30. The minimum atomic E-state index is -0.628. The molecule has 17 heavy (non-hydrogen) atoms. The molecule has 0 bridgehead atoms. The number of likely N-dealkylation sites (tertiary alicyclic amines) is 1. The average molecular weight is 237 g/mol. The Kier molecular flexibility index (Phi) is 3.12. The molecule has 1 aliphatic rings. The van der Waals surface area contributed by atoms with E-state index in [1.165, 1.54) is 6.20 Å². The van der Waals surface area contributed by atoms with E-state index in [0.717, 1.165) is 12.8 Å². The normalized spacial score (nSPS) is 20.3. The highest BCUT2D eigenvalue weighted by Gasteiger charge is 2.23. The van der Waals surface area contributed by atoms with E-state index in [1.54, 1.807) is 4.90 Å². The van der Waals surface area contributed by atoms with Gasteiger partial charge in [0.25, 0.3) is 11.5 Å². The molecule has 0 saturated carbocycles. The smallest absolute Gasteiger partial charge is 0.325 e. The highest BCUT2D eigenvalue weighted by atomic mass is 16.2. The molecule has 92 valence electrons. The van der Waals surface area contributed by atoms with Crippen LogP contribution < -0.4 is 11.2 Å². The summed E-state index contributed by atoms with van der Waals surface area (Å²) in [6.07, 6.45) is 3.24. The number of hydrogen-bond acceptors (Lipinski definition) is 3. The summed E-state index contributed by atoms with van der Waals surface area (Å²) in [6.45, 7) is 3.41. The number of rotatable bonds is 1. The summed E-state index contributed by atoms with van der Waals surface area (Å²) in [6, 6.07) is 0. The molecular formula is C11H15N3O3. The lowest BCUT2D eigenvalue weighted by Crippen LogP contribution is -2.42. The third kappa shape index (κ3) is 2.46. The minimum absolute atomic E-state index is 0.00120. The van der Waals surface area contributed by atoms with Crippen molar-refractivity contribution < 1.29 is 4.79 Å². The topological polar surface area (TPSA) is 86.0 Å². The first-order valence-corrected chi connectivity index (χ1v) is 5.69. The fourth-order valence-electron chi connectivity index (χ4n) is 2.11. The quantitative estimate of drug-likeness (QED) is 0.717. The van der Waals surface area contributed by atoms with Gasteiger partial charge in [-0.25, -0.2) is 4.79 Å². The van der Waals surface area contributed by atoms with E-state index < -0.39 is 11.2 Å². The number of nitrogens with one attached hydrogen (secondary N) is 2. The van der Waals surface area contributed by atoms with E-state index in [9.17, 15) is 14.4 Å². The van der Waals surface area contributed by atoms with Crippen molar-refractivity contribution in [3.05, 3.63) is 32.6 Å². The van der Waals surface area contributed by atoms with Crippen LogP contribution in [0.15, 0.2) is 15.8 Å². The summed E-state index contributed by atoms with van der Waals surface area (Å²) in [5, 5.41) is 0. The lowest BCUT2D eigenvalue weighted by molar-refractivity contribution is 0.0680. The highest BCUT2D eigenvalue weighted by Crippen LogP contribution is 2.16. The molecule has 0 spiro atoms. The van der Waals surface area contributed by atoms with Crippen LogP contribution in [0.3, 0.4) is 0 Å². The van der Waals surface area contributed by atoms with Crippen LogP contribution in [0.1, 0.15) is 30.1 Å². The van der Waals surface area contributed by atoms with Crippen LogP contribution in [0, 0.1) is 5.92 Å². The van der Waals surface area contributed by atoms with Crippen molar-refractivity contribution in [3.8, 4) is 0 Å². The number of nitrogens with zero attached hydrogens (tertiary/aromatic N) is 1. The molecule has 2 heterocycles. The number of hydrogen-bond donors (Lipinski definition) is 2. The molecule has 1 fully saturated rings. The maximum absolute atomic E-state index is 12.1.